The molecule has 1 N–H and O–H groups in total. The Balaban J connectivity index is 2.07. The second kappa shape index (κ2) is 5.81. The second-order valence-electron chi connectivity index (χ2n) is 3.68. The summed E-state index contributed by atoms with van der Waals surface area (Å²) >= 11 is 2.98. The van der Waals surface area contributed by atoms with Crippen molar-refractivity contribution >= 4 is 29.0 Å². The molecule has 1 saturated heterocycles. The molecule has 0 aromatic carbocycles. The van der Waals surface area contributed by atoms with Crippen molar-refractivity contribution in [2.75, 3.05) is 32.6 Å². The van der Waals surface area contributed by atoms with E-state index in [1.165, 1.54) is 23.1 Å². The van der Waals surface area contributed by atoms with Crippen molar-refractivity contribution in [3.05, 3.63) is 11.1 Å². The zero-order valence-electron chi connectivity index (χ0n) is 9.46. The SMILES string of the molecule is CSc1nc(C(=O)N2CCOC[C@H](O)C2)cs1. The van der Waals surface area contributed by atoms with Crippen molar-refractivity contribution in [3.63, 3.8) is 0 Å². The maximum atomic E-state index is 12.1. The maximum Gasteiger partial charge on any atom is 0.273 e. The Morgan fingerprint density at radius 1 is 1.76 bits per heavy atom. The third-order valence-corrected chi connectivity index (χ3v) is 4.27. The van der Waals surface area contributed by atoms with Crippen LogP contribution in [0.25, 0.3) is 0 Å². The summed E-state index contributed by atoms with van der Waals surface area (Å²) in [7, 11) is 0. The first-order chi connectivity index (χ1) is 8.20. The highest BCUT2D eigenvalue weighted by molar-refractivity contribution is 8.00. The molecule has 7 heteroatoms. The molecule has 0 saturated carbocycles. The number of β-amino-alcohol motifs (C(OH)–C–C–N with tert-alkyl or cyclic N) is 1. The molecule has 1 aliphatic heterocycles. The third kappa shape index (κ3) is 3.19. The predicted octanol–water partition coefficient (Wildman–Crippen LogP) is 0.698. The molecule has 2 rings (SSSR count). The third-order valence-electron chi connectivity index (χ3n) is 2.41. The zero-order valence-corrected chi connectivity index (χ0v) is 11.1. The first kappa shape index (κ1) is 12.8. The van der Waals surface area contributed by atoms with Gasteiger partial charge in [0.05, 0.1) is 19.3 Å². The number of nitrogens with zero attached hydrogens (tertiary/aromatic N) is 2. The Hall–Kier alpha value is -0.630. The number of hydrogen-bond acceptors (Lipinski definition) is 6. The van der Waals surface area contributed by atoms with Gasteiger partial charge < -0.3 is 14.7 Å². The van der Waals surface area contributed by atoms with Gasteiger partial charge in [0.2, 0.25) is 0 Å². The van der Waals surface area contributed by atoms with Crippen LogP contribution in [0.15, 0.2) is 9.72 Å². The highest BCUT2D eigenvalue weighted by Crippen LogP contribution is 2.20. The normalized spacial score (nSPS) is 21.3. The molecule has 17 heavy (non-hydrogen) atoms. The molecule has 1 amide bonds. The van der Waals surface area contributed by atoms with Gasteiger partial charge in [-0.25, -0.2) is 4.98 Å². The van der Waals surface area contributed by atoms with E-state index in [4.69, 9.17) is 4.74 Å². The van der Waals surface area contributed by atoms with Crippen molar-refractivity contribution in [1.29, 1.82) is 0 Å². The average molecular weight is 274 g/mol. The van der Waals surface area contributed by atoms with Crippen molar-refractivity contribution in [1.82, 2.24) is 9.88 Å². The van der Waals surface area contributed by atoms with Gasteiger partial charge in [0.15, 0.2) is 0 Å². The number of amides is 1. The quantitative estimate of drug-likeness (QED) is 0.804. The van der Waals surface area contributed by atoms with Crippen LogP contribution in [0.4, 0.5) is 0 Å². The summed E-state index contributed by atoms with van der Waals surface area (Å²) in [4.78, 5) is 17.9. The van der Waals surface area contributed by atoms with Gasteiger partial charge in [-0.2, -0.15) is 0 Å². The summed E-state index contributed by atoms with van der Waals surface area (Å²) < 4.78 is 6.06. The van der Waals surface area contributed by atoms with E-state index in [0.717, 1.165) is 4.34 Å². The Morgan fingerprint density at radius 2 is 2.59 bits per heavy atom. The van der Waals surface area contributed by atoms with Crippen LogP contribution < -0.4 is 0 Å². The summed E-state index contributed by atoms with van der Waals surface area (Å²) in [6, 6.07) is 0. The van der Waals surface area contributed by atoms with Crippen molar-refractivity contribution < 1.29 is 14.6 Å². The molecule has 5 nitrogen and oxygen atoms in total. The number of ether oxygens (including phenoxy) is 1. The van der Waals surface area contributed by atoms with Crippen LogP contribution in [0, 0.1) is 0 Å². The Kier molecular flexibility index (Phi) is 4.38. The highest BCUT2D eigenvalue weighted by Gasteiger charge is 2.23. The Bertz CT molecular complexity index is 397. The molecule has 1 aliphatic rings. The van der Waals surface area contributed by atoms with Gasteiger partial charge in [0.1, 0.15) is 10.0 Å². The van der Waals surface area contributed by atoms with E-state index in [0.29, 0.717) is 25.4 Å². The molecule has 2 heterocycles. The van der Waals surface area contributed by atoms with E-state index in [-0.39, 0.29) is 12.5 Å². The molecule has 0 spiro atoms. The fourth-order valence-corrected chi connectivity index (χ4v) is 2.82. The van der Waals surface area contributed by atoms with Crippen LogP contribution in [0.5, 0.6) is 0 Å². The van der Waals surface area contributed by atoms with Gasteiger partial charge in [-0.15, -0.1) is 11.3 Å². The van der Waals surface area contributed by atoms with E-state index in [1.807, 2.05) is 6.26 Å². The van der Waals surface area contributed by atoms with Crippen molar-refractivity contribution in [2.45, 2.75) is 10.4 Å². The minimum Gasteiger partial charge on any atom is -0.389 e. The lowest BCUT2D eigenvalue weighted by atomic mass is 10.3. The first-order valence-corrected chi connectivity index (χ1v) is 7.35. The molecule has 0 radical (unpaired) electrons. The fourth-order valence-electron chi connectivity index (χ4n) is 1.59. The number of rotatable bonds is 2. The molecule has 94 valence electrons. The molecule has 0 bridgehead atoms. The minimum absolute atomic E-state index is 0.133. The van der Waals surface area contributed by atoms with Gasteiger partial charge in [-0.1, -0.05) is 11.8 Å². The van der Waals surface area contributed by atoms with Crippen LogP contribution in [0.2, 0.25) is 0 Å². The number of carbonyl (C=O) groups excluding carboxylic acids is 1. The van der Waals surface area contributed by atoms with E-state index in [2.05, 4.69) is 4.98 Å². The predicted molar refractivity (Wildman–Crippen MR) is 66.6 cm³/mol. The number of aliphatic hydroxyl groups is 1. The van der Waals surface area contributed by atoms with Crippen molar-refractivity contribution in [2.24, 2.45) is 0 Å². The van der Waals surface area contributed by atoms with E-state index < -0.39 is 6.10 Å². The molecular weight excluding hydrogens is 260 g/mol. The van der Waals surface area contributed by atoms with Crippen LogP contribution in [0.1, 0.15) is 10.5 Å². The Labute approximate surface area is 108 Å². The molecule has 1 atom stereocenters. The summed E-state index contributed by atoms with van der Waals surface area (Å²) in [5.41, 5.74) is 0.452. The number of aromatic nitrogens is 1. The number of thiazole rings is 1. The van der Waals surface area contributed by atoms with Crippen LogP contribution in [-0.4, -0.2) is 59.6 Å². The number of hydrogen-bond donors (Lipinski definition) is 1. The molecule has 0 unspecified atom stereocenters. The van der Waals surface area contributed by atoms with Crippen LogP contribution in [-0.2, 0) is 4.74 Å². The van der Waals surface area contributed by atoms with Gasteiger partial charge in [0.25, 0.3) is 5.91 Å². The fraction of sp³-hybridized carbons (Fsp3) is 0.600. The lowest BCUT2D eigenvalue weighted by Crippen LogP contribution is -2.37. The molecule has 1 aromatic rings. The number of thioether (sulfide) groups is 1. The van der Waals surface area contributed by atoms with E-state index in [9.17, 15) is 9.90 Å². The zero-order chi connectivity index (χ0) is 12.3. The molecule has 0 aliphatic carbocycles. The number of carbonyl (C=O) groups is 1. The largest absolute Gasteiger partial charge is 0.389 e. The van der Waals surface area contributed by atoms with Gasteiger partial charge in [-0.05, 0) is 6.26 Å². The average Bonchev–Trinajstić information content (AvgIpc) is 2.71. The van der Waals surface area contributed by atoms with Crippen LogP contribution >= 0.6 is 23.1 Å². The standard InChI is InChI=1S/C10H14N2O3S2/c1-16-10-11-8(6-17-10)9(14)12-2-3-15-5-7(13)4-12/h6-7,13H,2-5H2,1H3/t7-/m1/s1. The molecule has 1 aromatic heterocycles. The summed E-state index contributed by atoms with van der Waals surface area (Å²) in [6.07, 6.45) is 1.32. The smallest absolute Gasteiger partial charge is 0.273 e. The van der Waals surface area contributed by atoms with E-state index >= 15 is 0 Å². The van der Waals surface area contributed by atoms with Gasteiger partial charge in [-0.3, -0.25) is 4.79 Å². The summed E-state index contributed by atoms with van der Waals surface area (Å²) in [6.45, 7) is 1.56. The second-order valence-corrected chi connectivity index (χ2v) is 5.59. The first-order valence-electron chi connectivity index (χ1n) is 5.25. The lowest BCUT2D eigenvalue weighted by Gasteiger charge is -2.20. The van der Waals surface area contributed by atoms with E-state index in [1.54, 1.807) is 10.3 Å². The van der Waals surface area contributed by atoms with Gasteiger partial charge >= 0.3 is 0 Å². The molecule has 1 fully saturated rings. The monoisotopic (exact) mass is 274 g/mol. The highest BCUT2D eigenvalue weighted by atomic mass is 32.2. The van der Waals surface area contributed by atoms with Crippen molar-refractivity contribution in [3.8, 4) is 0 Å². The minimum atomic E-state index is -0.611. The number of aliphatic hydroxyl groups excluding tert-OH is 1. The topological polar surface area (TPSA) is 62.7 Å². The van der Waals surface area contributed by atoms with Gasteiger partial charge in [0, 0.05) is 18.5 Å². The maximum absolute atomic E-state index is 12.1. The summed E-state index contributed by atoms with van der Waals surface area (Å²) in [5.74, 6) is -0.133. The summed E-state index contributed by atoms with van der Waals surface area (Å²) in [5, 5.41) is 11.3. The Morgan fingerprint density at radius 3 is 3.29 bits per heavy atom. The molecular formula is C10H14N2O3S2. The van der Waals surface area contributed by atoms with Crippen LogP contribution in [0.3, 0.4) is 0 Å². The lowest BCUT2D eigenvalue weighted by molar-refractivity contribution is 0.0533.